The highest BCUT2D eigenvalue weighted by atomic mass is 35.5. The number of carbonyl (C=O) groups is 2. The molecule has 1 fully saturated rings. The predicted molar refractivity (Wildman–Crippen MR) is 139 cm³/mol. The third-order valence-electron chi connectivity index (χ3n) is 6.68. The molecule has 5 rings (SSSR count). The first-order valence-corrected chi connectivity index (χ1v) is 12.0. The molecule has 2 N–H and O–H groups in total. The van der Waals surface area contributed by atoms with Gasteiger partial charge in [0.05, 0.1) is 28.9 Å². The van der Waals surface area contributed by atoms with E-state index >= 15 is 0 Å². The third kappa shape index (κ3) is 3.95. The molecule has 2 aliphatic heterocycles. The Morgan fingerprint density at radius 3 is 2.53 bits per heavy atom. The van der Waals surface area contributed by atoms with Gasteiger partial charge >= 0.3 is 0 Å². The van der Waals surface area contributed by atoms with Crippen molar-refractivity contribution in [2.45, 2.75) is 19.4 Å². The molecule has 0 spiro atoms. The number of aliphatic hydroxyl groups excluding tert-OH is 1. The molecule has 36 heavy (non-hydrogen) atoms. The van der Waals surface area contributed by atoms with Gasteiger partial charge in [0.2, 0.25) is 0 Å². The number of carbonyl (C=O) groups excluding carboxylic acids is 2. The molecule has 2 heterocycles. The summed E-state index contributed by atoms with van der Waals surface area (Å²) < 4.78 is 5.69. The third-order valence-corrected chi connectivity index (χ3v) is 6.99. The summed E-state index contributed by atoms with van der Waals surface area (Å²) in [5, 5.41) is 21.5. The number of phenols is 1. The number of aryl methyl sites for hydroxylation is 1. The second-order valence-corrected chi connectivity index (χ2v) is 9.26. The summed E-state index contributed by atoms with van der Waals surface area (Å²) in [6.45, 7) is 3.26. The van der Waals surface area contributed by atoms with Crippen molar-refractivity contribution in [1.82, 2.24) is 0 Å². The Labute approximate surface area is 213 Å². The van der Waals surface area contributed by atoms with Crippen LogP contribution in [-0.4, -0.2) is 42.1 Å². The number of benzene rings is 3. The molecule has 1 amide bonds. The highest BCUT2D eigenvalue weighted by Crippen LogP contribution is 2.44. The molecule has 0 radical (unpaired) electrons. The molecule has 184 valence electrons. The number of Topliss-reactive ketones (excluding diaryl/α,β-unsaturated/α-hetero) is 1. The van der Waals surface area contributed by atoms with E-state index in [0.29, 0.717) is 35.7 Å². The van der Waals surface area contributed by atoms with Crippen LogP contribution in [0.2, 0.25) is 5.02 Å². The number of phenolic OH excluding ortho intramolecular Hbond substituents is 1. The van der Waals surface area contributed by atoms with Crippen molar-refractivity contribution in [2.75, 3.05) is 30.0 Å². The summed E-state index contributed by atoms with van der Waals surface area (Å²) in [5.74, 6) is -1.30. The highest BCUT2D eigenvalue weighted by Gasteiger charge is 2.47. The molecule has 0 saturated carbocycles. The van der Waals surface area contributed by atoms with Gasteiger partial charge in [-0.2, -0.15) is 0 Å². The molecule has 3 aromatic carbocycles. The Balaban J connectivity index is 1.70. The zero-order chi connectivity index (χ0) is 25.6. The Hall–Kier alpha value is -3.97. The summed E-state index contributed by atoms with van der Waals surface area (Å²) in [5.41, 5.74) is 3.19. The molecule has 1 saturated heterocycles. The largest absolute Gasteiger partial charge is 0.507 e. The summed E-state index contributed by atoms with van der Waals surface area (Å²) >= 11 is 6.20. The number of hydrogen-bond donors (Lipinski definition) is 2. The summed E-state index contributed by atoms with van der Waals surface area (Å²) in [6.07, 6.45) is 0.826. The molecule has 8 heteroatoms. The number of ether oxygens (including phenoxy) is 1. The van der Waals surface area contributed by atoms with E-state index in [1.807, 2.05) is 31.0 Å². The lowest BCUT2D eigenvalue weighted by atomic mass is 9.94. The number of rotatable bonds is 4. The minimum atomic E-state index is -0.944. The van der Waals surface area contributed by atoms with Crippen LogP contribution in [0.5, 0.6) is 11.5 Å². The van der Waals surface area contributed by atoms with Gasteiger partial charge in [-0.1, -0.05) is 36.7 Å². The molecule has 1 atom stereocenters. The van der Waals surface area contributed by atoms with E-state index in [-0.39, 0.29) is 22.1 Å². The van der Waals surface area contributed by atoms with E-state index in [2.05, 4.69) is 0 Å². The fraction of sp³-hybridized carbons (Fsp3) is 0.214. The van der Waals surface area contributed by atoms with Gasteiger partial charge in [0, 0.05) is 18.3 Å². The zero-order valence-corrected chi connectivity index (χ0v) is 20.6. The fourth-order valence-corrected chi connectivity index (χ4v) is 4.84. The SMILES string of the molecule is CCc1ccc(N2C(=O)C(=O)/C(=C(\O)c3ccc4c(c3)N(C)CCO4)C2c2ccc(O)c(Cl)c2)cc1. The fourth-order valence-electron chi connectivity index (χ4n) is 4.65. The second kappa shape index (κ2) is 9.24. The van der Waals surface area contributed by atoms with Gasteiger partial charge in [0.15, 0.2) is 0 Å². The average molecular weight is 505 g/mol. The minimum Gasteiger partial charge on any atom is -0.507 e. The van der Waals surface area contributed by atoms with Gasteiger partial charge in [0.25, 0.3) is 11.7 Å². The van der Waals surface area contributed by atoms with Crippen LogP contribution in [0.1, 0.15) is 29.7 Å². The number of hydrogen-bond acceptors (Lipinski definition) is 6. The molecule has 0 aliphatic carbocycles. The van der Waals surface area contributed by atoms with Gasteiger partial charge in [-0.05, 0) is 60.0 Å². The Morgan fingerprint density at radius 2 is 1.83 bits per heavy atom. The Morgan fingerprint density at radius 1 is 1.08 bits per heavy atom. The number of likely N-dealkylation sites (N-methyl/N-ethyl adjacent to an activating group) is 1. The van der Waals surface area contributed by atoms with E-state index in [1.165, 1.54) is 17.0 Å². The monoisotopic (exact) mass is 504 g/mol. The van der Waals surface area contributed by atoms with Crippen LogP contribution >= 0.6 is 11.6 Å². The molecule has 1 unspecified atom stereocenters. The average Bonchev–Trinajstić information content (AvgIpc) is 3.15. The number of nitrogens with zero attached hydrogens (tertiary/aromatic N) is 2. The number of halogens is 1. The molecule has 3 aromatic rings. The van der Waals surface area contributed by atoms with E-state index in [4.69, 9.17) is 16.3 Å². The Kier molecular flexibility index (Phi) is 6.10. The minimum absolute atomic E-state index is 0.0549. The van der Waals surface area contributed by atoms with E-state index in [9.17, 15) is 19.8 Å². The quantitative estimate of drug-likeness (QED) is 0.293. The van der Waals surface area contributed by atoms with Crippen molar-refractivity contribution in [3.63, 3.8) is 0 Å². The highest BCUT2D eigenvalue weighted by molar-refractivity contribution is 6.51. The van der Waals surface area contributed by atoms with Crippen LogP contribution in [0.4, 0.5) is 11.4 Å². The van der Waals surface area contributed by atoms with Crippen molar-refractivity contribution in [1.29, 1.82) is 0 Å². The van der Waals surface area contributed by atoms with E-state index in [0.717, 1.165) is 17.7 Å². The molecule has 2 aliphatic rings. The molecular formula is C28H25ClN2O5. The first-order chi connectivity index (χ1) is 17.3. The van der Waals surface area contributed by atoms with Gasteiger partial charge in [-0.25, -0.2) is 0 Å². The molecular weight excluding hydrogens is 480 g/mol. The number of aliphatic hydroxyl groups is 1. The van der Waals surface area contributed by atoms with Crippen LogP contribution in [0.25, 0.3) is 5.76 Å². The van der Waals surface area contributed by atoms with Gasteiger partial charge in [-0.15, -0.1) is 0 Å². The maximum atomic E-state index is 13.4. The van der Waals surface area contributed by atoms with Crippen molar-refractivity contribution in [3.05, 3.63) is 87.9 Å². The topological polar surface area (TPSA) is 90.3 Å². The van der Waals surface area contributed by atoms with Crippen molar-refractivity contribution in [3.8, 4) is 11.5 Å². The van der Waals surface area contributed by atoms with Crippen molar-refractivity contribution >= 4 is 40.4 Å². The molecule has 7 nitrogen and oxygen atoms in total. The van der Waals surface area contributed by atoms with Crippen LogP contribution in [-0.2, 0) is 16.0 Å². The lowest BCUT2D eigenvalue weighted by molar-refractivity contribution is -0.132. The molecule has 0 aromatic heterocycles. The second-order valence-electron chi connectivity index (χ2n) is 8.85. The number of anilines is 2. The maximum Gasteiger partial charge on any atom is 0.300 e. The van der Waals surface area contributed by atoms with Crippen LogP contribution in [0, 0.1) is 0 Å². The first kappa shape index (κ1) is 23.8. The normalized spacial score (nSPS) is 18.8. The van der Waals surface area contributed by atoms with Gasteiger partial charge in [-0.3, -0.25) is 14.5 Å². The van der Waals surface area contributed by atoms with E-state index in [1.54, 1.807) is 36.4 Å². The summed E-state index contributed by atoms with van der Waals surface area (Å²) in [4.78, 5) is 30.1. The standard InChI is InChI=1S/C28H25ClN2O5/c1-3-16-4-8-19(9-5-16)31-25(17-6-10-22(32)20(29)14-17)24(27(34)28(31)35)26(33)18-7-11-23-21(15-18)30(2)12-13-36-23/h4-11,14-15,25,32-33H,3,12-13H2,1-2H3/b26-24-. The number of amides is 1. The van der Waals surface area contributed by atoms with Crippen LogP contribution in [0.3, 0.4) is 0 Å². The van der Waals surface area contributed by atoms with Crippen LogP contribution in [0.15, 0.2) is 66.2 Å². The number of aromatic hydroxyl groups is 1. The smallest absolute Gasteiger partial charge is 0.300 e. The van der Waals surface area contributed by atoms with E-state index < -0.39 is 17.7 Å². The summed E-state index contributed by atoms with van der Waals surface area (Å²) in [7, 11) is 1.92. The first-order valence-electron chi connectivity index (χ1n) is 11.7. The van der Waals surface area contributed by atoms with Gasteiger partial charge < -0.3 is 19.8 Å². The molecule has 0 bridgehead atoms. The van der Waals surface area contributed by atoms with Crippen molar-refractivity contribution in [2.24, 2.45) is 0 Å². The number of ketones is 1. The number of fused-ring (bicyclic) bond motifs is 1. The zero-order valence-electron chi connectivity index (χ0n) is 19.9. The van der Waals surface area contributed by atoms with Crippen LogP contribution < -0.4 is 14.5 Å². The lowest BCUT2D eigenvalue weighted by Crippen LogP contribution is -2.29. The predicted octanol–water partition coefficient (Wildman–Crippen LogP) is 5.06. The lowest BCUT2D eigenvalue weighted by Gasteiger charge is -2.28. The van der Waals surface area contributed by atoms with Gasteiger partial charge in [0.1, 0.15) is 23.9 Å². The van der Waals surface area contributed by atoms with Crippen molar-refractivity contribution < 1.29 is 24.5 Å². The summed E-state index contributed by atoms with van der Waals surface area (Å²) in [6, 6.07) is 16.1. The Bertz CT molecular complexity index is 1400. The maximum absolute atomic E-state index is 13.4.